The molecule has 3 unspecified atom stereocenters. The van der Waals surface area contributed by atoms with E-state index in [1.54, 1.807) is 0 Å². The van der Waals surface area contributed by atoms with Gasteiger partial charge in [-0.05, 0) is 25.7 Å². The minimum absolute atomic E-state index is 0.0694. The minimum atomic E-state index is -0.402. The number of unbranched alkanes of at least 4 members (excludes halogenated alkanes) is 1. The summed E-state index contributed by atoms with van der Waals surface area (Å²) in [4.78, 5) is 11.8. The second kappa shape index (κ2) is 8.91. The molecule has 0 aromatic carbocycles. The number of carbonyl (C=O) groups excluding carboxylic acids is 1. The Labute approximate surface area is 109 Å². The molecule has 3 heteroatoms. The zero-order valence-corrected chi connectivity index (χ0v) is 13.1. The molecule has 0 aliphatic carbocycles. The first-order valence-corrected chi connectivity index (χ1v) is 7.47. The third-order valence-corrected chi connectivity index (χ3v) is 3.81. The van der Waals surface area contributed by atoms with Crippen LogP contribution in [0.25, 0.3) is 0 Å². The summed E-state index contributed by atoms with van der Waals surface area (Å²) in [6.45, 7) is 9.09. The van der Waals surface area contributed by atoms with Gasteiger partial charge in [-0.25, -0.2) is 0 Å². The van der Waals surface area contributed by atoms with Crippen molar-refractivity contribution in [3.63, 3.8) is 0 Å². The fourth-order valence-corrected chi connectivity index (χ4v) is 1.89. The van der Waals surface area contributed by atoms with Gasteiger partial charge in [0.05, 0.1) is 11.8 Å². The third-order valence-electron chi connectivity index (χ3n) is 3.29. The van der Waals surface area contributed by atoms with Crippen molar-refractivity contribution in [2.45, 2.75) is 71.4 Å². The summed E-state index contributed by atoms with van der Waals surface area (Å²) in [7, 11) is 2.66. The van der Waals surface area contributed by atoms with Crippen molar-refractivity contribution in [3.05, 3.63) is 0 Å². The predicted molar refractivity (Wildman–Crippen MR) is 77.3 cm³/mol. The molecule has 0 spiro atoms. The van der Waals surface area contributed by atoms with Crippen LogP contribution in [0.1, 0.15) is 66.2 Å². The van der Waals surface area contributed by atoms with Crippen LogP contribution in [0.2, 0.25) is 0 Å². The van der Waals surface area contributed by atoms with E-state index >= 15 is 0 Å². The quantitative estimate of drug-likeness (QED) is 0.353. The van der Waals surface area contributed by atoms with Crippen LogP contribution in [0.5, 0.6) is 0 Å². The van der Waals surface area contributed by atoms with Crippen LogP contribution in [0.4, 0.5) is 0 Å². The summed E-state index contributed by atoms with van der Waals surface area (Å²) in [6, 6.07) is 0. The Balaban J connectivity index is 3.87. The average molecular weight is 260 g/mol. The Kier molecular flexibility index (Phi) is 8.86. The molecule has 0 radical (unpaired) electrons. The summed E-state index contributed by atoms with van der Waals surface area (Å²) >= 11 is 0. The summed E-state index contributed by atoms with van der Waals surface area (Å²) in [5, 5.41) is -0.402. The summed E-state index contributed by atoms with van der Waals surface area (Å²) in [5.41, 5.74) is 0. The Bertz CT molecular complexity index is 214. The number of carbonyl (C=O) groups is 1. The molecular formula is C14H29O2P. The number of ether oxygens (including phenoxy) is 1. The molecule has 17 heavy (non-hydrogen) atoms. The maximum absolute atomic E-state index is 11.8. The van der Waals surface area contributed by atoms with Crippen molar-refractivity contribution in [2.75, 3.05) is 6.61 Å². The molecule has 0 aliphatic rings. The van der Waals surface area contributed by atoms with Crippen LogP contribution in [-0.2, 0) is 9.53 Å². The summed E-state index contributed by atoms with van der Waals surface area (Å²) in [6.07, 6.45) is 6.43. The van der Waals surface area contributed by atoms with E-state index in [-0.39, 0.29) is 5.97 Å². The lowest BCUT2D eigenvalue weighted by molar-refractivity contribution is -0.146. The maximum Gasteiger partial charge on any atom is 0.315 e. The highest BCUT2D eigenvalue weighted by atomic mass is 31.0. The first-order valence-electron chi connectivity index (χ1n) is 6.90. The summed E-state index contributed by atoms with van der Waals surface area (Å²) < 4.78 is 5.27. The smallest absolute Gasteiger partial charge is 0.315 e. The van der Waals surface area contributed by atoms with Crippen LogP contribution >= 0.6 is 9.24 Å². The van der Waals surface area contributed by atoms with E-state index in [2.05, 4.69) is 30.0 Å². The number of hydrogen-bond donors (Lipinski definition) is 0. The normalized spacial score (nSPS) is 16.3. The fraction of sp³-hybridized carbons (Fsp3) is 0.929. The van der Waals surface area contributed by atoms with E-state index < -0.39 is 5.16 Å². The lowest BCUT2D eigenvalue weighted by atomic mass is 9.96. The van der Waals surface area contributed by atoms with Gasteiger partial charge in [0, 0.05) is 0 Å². The van der Waals surface area contributed by atoms with Gasteiger partial charge in [-0.3, -0.25) is 4.79 Å². The first kappa shape index (κ1) is 16.9. The van der Waals surface area contributed by atoms with Gasteiger partial charge >= 0.3 is 5.97 Å². The van der Waals surface area contributed by atoms with Crippen LogP contribution in [0.15, 0.2) is 0 Å². The van der Waals surface area contributed by atoms with Crippen molar-refractivity contribution in [2.24, 2.45) is 5.92 Å². The van der Waals surface area contributed by atoms with Crippen molar-refractivity contribution in [1.82, 2.24) is 0 Å². The van der Waals surface area contributed by atoms with Crippen molar-refractivity contribution >= 4 is 15.2 Å². The van der Waals surface area contributed by atoms with Crippen LogP contribution < -0.4 is 0 Å². The van der Waals surface area contributed by atoms with E-state index in [4.69, 9.17) is 4.74 Å². The number of hydrogen-bond acceptors (Lipinski definition) is 2. The lowest BCUT2D eigenvalue weighted by Crippen LogP contribution is -2.30. The van der Waals surface area contributed by atoms with Gasteiger partial charge in [0.15, 0.2) is 0 Å². The molecule has 102 valence electrons. The maximum atomic E-state index is 11.8. The molecule has 0 bridgehead atoms. The van der Waals surface area contributed by atoms with Gasteiger partial charge < -0.3 is 4.74 Å². The SMILES string of the molecule is CCCCOC(=O)C(C)(P)CCCC(C)CC. The van der Waals surface area contributed by atoms with Gasteiger partial charge in [0.1, 0.15) is 0 Å². The monoisotopic (exact) mass is 260 g/mol. The molecule has 0 amide bonds. The Morgan fingerprint density at radius 1 is 1.35 bits per heavy atom. The van der Waals surface area contributed by atoms with E-state index in [1.165, 1.54) is 12.8 Å². The molecule has 0 saturated carbocycles. The first-order chi connectivity index (χ1) is 7.94. The van der Waals surface area contributed by atoms with Crippen LogP contribution in [0, 0.1) is 5.92 Å². The predicted octanol–water partition coefficient (Wildman–Crippen LogP) is 4.18. The molecule has 0 aromatic heterocycles. The average Bonchev–Trinajstić information content (AvgIpc) is 2.28. The Morgan fingerprint density at radius 2 is 2.00 bits per heavy atom. The molecule has 0 rings (SSSR count). The standard InChI is InChI=1S/C14H29O2P/c1-5-7-11-16-13(15)14(4,17)10-8-9-12(3)6-2/h12H,5-11,17H2,1-4H3. The van der Waals surface area contributed by atoms with Crippen LogP contribution in [0.3, 0.4) is 0 Å². The highest BCUT2D eigenvalue weighted by Gasteiger charge is 2.28. The topological polar surface area (TPSA) is 26.3 Å². The number of rotatable bonds is 9. The summed E-state index contributed by atoms with van der Waals surface area (Å²) in [5.74, 6) is 0.687. The van der Waals surface area contributed by atoms with Gasteiger partial charge in [-0.15, -0.1) is 9.24 Å². The Morgan fingerprint density at radius 3 is 2.53 bits per heavy atom. The molecule has 3 atom stereocenters. The van der Waals surface area contributed by atoms with E-state index in [1.807, 2.05) is 6.92 Å². The lowest BCUT2D eigenvalue weighted by Gasteiger charge is -2.22. The molecule has 0 N–H and O–H groups in total. The molecule has 0 aliphatic heterocycles. The largest absolute Gasteiger partial charge is 0.465 e. The second-order valence-electron chi connectivity index (χ2n) is 5.31. The highest BCUT2D eigenvalue weighted by molar-refractivity contribution is 7.20. The number of esters is 1. The van der Waals surface area contributed by atoms with Gasteiger partial charge in [0.25, 0.3) is 0 Å². The molecule has 0 aromatic rings. The zero-order valence-electron chi connectivity index (χ0n) is 11.9. The molecule has 0 fully saturated rings. The van der Waals surface area contributed by atoms with E-state index in [0.29, 0.717) is 6.61 Å². The third kappa shape index (κ3) is 7.76. The van der Waals surface area contributed by atoms with Gasteiger partial charge in [-0.1, -0.05) is 46.5 Å². The van der Waals surface area contributed by atoms with Crippen molar-refractivity contribution in [3.8, 4) is 0 Å². The second-order valence-corrected chi connectivity index (χ2v) is 6.59. The molecule has 0 saturated heterocycles. The van der Waals surface area contributed by atoms with Crippen molar-refractivity contribution < 1.29 is 9.53 Å². The molecular weight excluding hydrogens is 231 g/mol. The Hall–Kier alpha value is -0.100. The van der Waals surface area contributed by atoms with E-state index in [9.17, 15) is 4.79 Å². The minimum Gasteiger partial charge on any atom is -0.465 e. The highest BCUT2D eigenvalue weighted by Crippen LogP contribution is 2.27. The fourth-order valence-electron chi connectivity index (χ4n) is 1.60. The van der Waals surface area contributed by atoms with Crippen molar-refractivity contribution in [1.29, 1.82) is 0 Å². The van der Waals surface area contributed by atoms with Crippen LogP contribution in [-0.4, -0.2) is 17.7 Å². The van der Waals surface area contributed by atoms with Gasteiger partial charge in [0.2, 0.25) is 0 Å². The van der Waals surface area contributed by atoms with Gasteiger partial charge in [-0.2, -0.15) is 0 Å². The molecule has 2 nitrogen and oxygen atoms in total. The molecule has 0 heterocycles. The van der Waals surface area contributed by atoms with E-state index in [0.717, 1.165) is 31.6 Å². The zero-order chi connectivity index (χ0) is 13.3.